The number of carbonyl (C=O) groups is 2. The fraction of sp³-hybridized carbons (Fsp3) is 0.130. The second kappa shape index (κ2) is 9.01. The Balaban J connectivity index is 1.55. The molecule has 1 atom stereocenters. The number of hydrogen-bond acceptors (Lipinski definition) is 4. The van der Waals surface area contributed by atoms with Crippen LogP contribution in [0.5, 0.6) is 5.75 Å². The normalized spacial score (nSPS) is 11.5. The summed E-state index contributed by atoms with van der Waals surface area (Å²) in [5, 5.41) is 12.0. The van der Waals surface area contributed by atoms with E-state index in [1.54, 1.807) is 60.7 Å². The first-order chi connectivity index (χ1) is 13.9. The molecule has 0 aliphatic rings. The van der Waals surface area contributed by atoms with Crippen LogP contribution in [0.3, 0.4) is 0 Å². The van der Waals surface area contributed by atoms with Crippen LogP contribution in [0, 0.1) is 5.82 Å². The number of aromatic hydroxyl groups is 1. The Morgan fingerprint density at radius 1 is 0.931 bits per heavy atom. The van der Waals surface area contributed by atoms with Crippen LogP contribution in [0.25, 0.3) is 11.1 Å². The van der Waals surface area contributed by atoms with Gasteiger partial charge in [-0.1, -0.05) is 36.4 Å². The van der Waals surface area contributed by atoms with E-state index < -0.39 is 18.0 Å². The number of esters is 1. The molecule has 0 aliphatic heterocycles. The van der Waals surface area contributed by atoms with Crippen LogP contribution in [0.4, 0.5) is 4.39 Å². The molecule has 1 amide bonds. The topological polar surface area (TPSA) is 75.6 Å². The molecule has 0 spiro atoms. The van der Waals surface area contributed by atoms with Crippen molar-refractivity contribution < 1.29 is 23.8 Å². The van der Waals surface area contributed by atoms with Gasteiger partial charge in [0.15, 0.2) is 6.10 Å². The number of rotatable bonds is 6. The van der Waals surface area contributed by atoms with Crippen molar-refractivity contribution in [2.24, 2.45) is 0 Å². The molecule has 3 rings (SSSR count). The Kier molecular flexibility index (Phi) is 6.24. The molecule has 0 heterocycles. The minimum Gasteiger partial charge on any atom is -0.508 e. The summed E-state index contributed by atoms with van der Waals surface area (Å²) in [5.41, 5.74) is 2.84. The molecule has 0 radical (unpaired) electrons. The van der Waals surface area contributed by atoms with E-state index in [-0.39, 0.29) is 18.1 Å². The quantitative estimate of drug-likeness (QED) is 0.620. The smallest absolute Gasteiger partial charge is 0.338 e. The molecule has 0 fully saturated rings. The molecule has 0 saturated carbocycles. The first-order valence-electron chi connectivity index (χ1n) is 9.05. The van der Waals surface area contributed by atoms with Gasteiger partial charge in [-0.2, -0.15) is 0 Å². The predicted octanol–water partition coefficient (Wildman–Crippen LogP) is 4.06. The maximum atomic E-state index is 12.9. The maximum Gasteiger partial charge on any atom is 0.338 e. The summed E-state index contributed by atoms with van der Waals surface area (Å²) in [6, 6.07) is 19.3. The Morgan fingerprint density at radius 3 is 2.07 bits per heavy atom. The van der Waals surface area contributed by atoms with Gasteiger partial charge in [-0.15, -0.1) is 0 Å². The third-order valence-corrected chi connectivity index (χ3v) is 4.35. The van der Waals surface area contributed by atoms with Crippen molar-refractivity contribution in [1.29, 1.82) is 0 Å². The summed E-state index contributed by atoms with van der Waals surface area (Å²) in [6.07, 6.45) is -0.972. The average molecular weight is 393 g/mol. The van der Waals surface area contributed by atoms with Crippen LogP contribution in [0.2, 0.25) is 0 Å². The number of nitrogens with one attached hydrogen (secondary N) is 1. The van der Waals surface area contributed by atoms with Crippen molar-refractivity contribution in [3.05, 3.63) is 89.7 Å². The molecule has 0 aliphatic carbocycles. The van der Waals surface area contributed by atoms with Crippen molar-refractivity contribution >= 4 is 11.9 Å². The zero-order chi connectivity index (χ0) is 20.8. The number of amides is 1. The van der Waals surface area contributed by atoms with Gasteiger partial charge >= 0.3 is 5.97 Å². The highest BCUT2D eigenvalue weighted by molar-refractivity contribution is 5.92. The van der Waals surface area contributed by atoms with Crippen molar-refractivity contribution in [2.45, 2.75) is 19.6 Å². The van der Waals surface area contributed by atoms with Crippen molar-refractivity contribution in [1.82, 2.24) is 5.32 Å². The maximum absolute atomic E-state index is 12.9. The van der Waals surface area contributed by atoms with Crippen LogP contribution in [-0.4, -0.2) is 23.1 Å². The Morgan fingerprint density at radius 2 is 1.48 bits per heavy atom. The molecular weight excluding hydrogens is 373 g/mol. The molecule has 0 bridgehead atoms. The number of halogens is 1. The van der Waals surface area contributed by atoms with Gasteiger partial charge in [0.2, 0.25) is 0 Å². The third-order valence-electron chi connectivity index (χ3n) is 4.35. The van der Waals surface area contributed by atoms with Gasteiger partial charge in [0.1, 0.15) is 11.6 Å². The van der Waals surface area contributed by atoms with E-state index in [1.807, 2.05) is 0 Å². The van der Waals surface area contributed by atoms with Gasteiger partial charge in [-0.05, 0) is 60.0 Å². The molecule has 148 valence electrons. The lowest BCUT2D eigenvalue weighted by molar-refractivity contribution is -0.129. The standard InChI is InChI=1S/C23H20FNO4/c1-15(22(27)25-14-16-2-10-20(24)11-3-16)29-23(28)19-6-4-17(5-7-19)18-8-12-21(26)13-9-18/h2-13,15,26H,14H2,1H3,(H,25,27)/t15-/m0/s1. The number of benzene rings is 3. The highest BCUT2D eigenvalue weighted by Gasteiger charge is 2.18. The second-order valence-corrected chi connectivity index (χ2v) is 6.52. The molecule has 2 N–H and O–H groups in total. The van der Waals surface area contributed by atoms with Crippen LogP contribution < -0.4 is 5.32 Å². The lowest BCUT2D eigenvalue weighted by atomic mass is 10.0. The van der Waals surface area contributed by atoms with Gasteiger partial charge in [0, 0.05) is 6.54 Å². The highest BCUT2D eigenvalue weighted by Crippen LogP contribution is 2.22. The van der Waals surface area contributed by atoms with Crippen LogP contribution in [0.15, 0.2) is 72.8 Å². The molecular formula is C23H20FNO4. The van der Waals surface area contributed by atoms with Gasteiger partial charge in [0.25, 0.3) is 5.91 Å². The third kappa shape index (κ3) is 5.42. The monoisotopic (exact) mass is 393 g/mol. The minimum atomic E-state index is -0.972. The summed E-state index contributed by atoms with van der Waals surface area (Å²) in [6.45, 7) is 1.70. The van der Waals surface area contributed by atoms with E-state index in [2.05, 4.69) is 5.32 Å². The van der Waals surface area contributed by atoms with E-state index in [9.17, 15) is 19.1 Å². The molecule has 0 saturated heterocycles. The fourth-order valence-corrected chi connectivity index (χ4v) is 2.67. The summed E-state index contributed by atoms with van der Waals surface area (Å²) >= 11 is 0. The van der Waals surface area contributed by atoms with Crippen molar-refractivity contribution in [3.8, 4) is 16.9 Å². The molecule has 3 aromatic carbocycles. The number of phenolic OH excluding ortho intramolecular Hbond substituents is 1. The number of hydrogen-bond donors (Lipinski definition) is 2. The Bertz CT molecular complexity index is 983. The van der Waals surface area contributed by atoms with Crippen molar-refractivity contribution in [3.63, 3.8) is 0 Å². The lowest BCUT2D eigenvalue weighted by Gasteiger charge is -2.14. The van der Waals surface area contributed by atoms with E-state index >= 15 is 0 Å². The number of ether oxygens (including phenoxy) is 1. The second-order valence-electron chi connectivity index (χ2n) is 6.52. The van der Waals surface area contributed by atoms with Crippen LogP contribution in [0.1, 0.15) is 22.8 Å². The highest BCUT2D eigenvalue weighted by atomic mass is 19.1. The summed E-state index contributed by atoms with van der Waals surface area (Å²) < 4.78 is 18.1. The van der Waals surface area contributed by atoms with Gasteiger partial charge < -0.3 is 15.2 Å². The molecule has 3 aromatic rings. The van der Waals surface area contributed by atoms with E-state index in [1.165, 1.54) is 19.1 Å². The largest absolute Gasteiger partial charge is 0.508 e. The molecule has 0 unspecified atom stereocenters. The zero-order valence-electron chi connectivity index (χ0n) is 15.8. The van der Waals surface area contributed by atoms with Gasteiger partial charge in [-0.25, -0.2) is 9.18 Å². The molecule has 29 heavy (non-hydrogen) atoms. The van der Waals surface area contributed by atoms with Crippen molar-refractivity contribution in [2.75, 3.05) is 0 Å². The SMILES string of the molecule is C[C@H](OC(=O)c1ccc(-c2ccc(O)cc2)cc1)C(=O)NCc1ccc(F)cc1. The summed E-state index contributed by atoms with van der Waals surface area (Å²) in [5.74, 6) is -1.21. The average Bonchev–Trinajstić information content (AvgIpc) is 2.73. The molecule has 6 heteroatoms. The first kappa shape index (κ1) is 20.1. The molecule has 5 nitrogen and oxygen atoms in total. The van der Waals surface area contributed by atoms with E-state index in [4.69, 9.17) is 4.74 Å². The van der Waals surface area contributed by atoms with Gasteiger partial charge in [-0.3, -0.25) is 4.79 Å². The summed E-state index contributed by atoms with van der Waals surface area (Å²) in [7, 11) is 0. The molecule has 0 aromatic heterocycles. The van der Waals surface area contributed by atoms with Crippen LogP contribution in [-0.2, 0) is 16.1 Å². The Labute approximate surface area is 167 Å². The van der Waals surface area contributed by atoms with Crippen LogP contribution >= 0.6 is 0 Å². The van der Waals surface area contributed by atoms with Gasteiger partial charge in [0.05, 0.1) is 5.56 Å². The lowest BCUT2D eigenvalue weighted by Crippen LogP contribution is -2.35. The number of carbonyl (C=O) groups excluding carboxylic acids is 2. The van der Waals surface area contributed by atoms with E-state index in [0.717, 1.165) is 16.7 Å². The Hall–Kier alpha value is -3.67. The summed E-state index contributed by atoms with van der Waals surface area (Å²) in [4.78, 5) is 24.4. The number of phenols is 1. The minimum absolute atomic E-state index is 0.181. The fourth-order valence-electron chi connectivity index (χ4n) is 2.67. The zero-order valence-corrected chi connectivity index (χ0v) is 15.8. The first-order valence-corrected chi connectivity index (χ1v) is 9.05. The predicted molar refractivity (Wildman–Crippen MR) is 107 cm³/mol. The van der Waals surface area contributed by atoms with E-state index in [0.29, 0.717) is 5.56 Å².